The molecule has 2 heterocycles. The number of methoxy groups -OCH3 is 1. The van der Waals surface area contributed by atoms with Crippen molar-refractivity contribution in [1.82, 2.24) is 20.4 Å². The van der Waals surface area contributed by atoms with Crippen LogP contribution < -0.4 is 10.6 Å². The molecule has 0 saturated carbocycles. The molecule has 1 saturated heterocycles. The number of amides is 1. The number of hydrogen-bond acceptors (Lipinski definition) is 5. The van der Waals surface area contributed by atoms with Gasteiger partial charge in [-0.1, -0.05) is 12.1 Å². The molecule has 1 aliphatic rings. The highest BCUT2D eigenvalue weighted by atomic mass is 32.2. The third-order valence-corrected chi connectivity index (χ3v) is 5.98. The Hall–Kier alpha value is -1.83. The quantitative estimate of drug-likeness (QED) is 0.537. The summed E-state index contributed by atoms with van der Waals surface area (Å²) in [6.07, 6.45) is 3.86. The lowest BCUT2D eigenvalue weighted by Crippen LogP contribution is -2.35. The second kappa shape index (κ2) is 9.39. The van der Waals surface area contributed by atoms with E-state index in [9.17, 15) is 4.79 Å². The third kappa shape index (κ3) is 5.12. The molecule has 3 atom stereocenters. The van der Waals surface area contributed by atoms with Crippen LogP contribution in [0.5, 0.6) is 0 Å². The summed E-state index contributed by atoms with van der Waals surface area (Å²) in [5.41, 5.74) is 2.23. The summed E-state index contributed by atoms with van der Waals surface area (Å²) in [6.45, 7) is 4.29. The minimum absolute atomic E-state index is 0.0225. The smallest absolute Gasteiger partial charge is 0.225 e. The zero-order chi connectivity index (χ0) is 19.2. The number of carbonyl (C=O) groups excluding carboxylic acids is 1. The molecule has 2 aromatic rings. The number of nitrogens with one attached hydrogen (secondary N) is 2. The van der Waals surface area contributed by atoms with Crippen LogP contribution in [0.15, 0.2) is 41.6 Å². The summed E-state index contributed by atoms with van der Waals surface area (Å²) in [4.78, 5) is 14.1. The standard InChI is InChI=1S/C20H28N4O2S/c1-14(15-4-6-17(7-5-15)27-9-8-26-3)23-20(25)19-12-21-11-18(19)16-10-22-24(2)13-16/h4-7,10,13-14,18-19,21H,8-9,11-12H2,1-3H3,(H,23,25)/t14?,18-,19+/m1/s1. The lowest BCUT2D eigenvalue weighted by Gasteiger charge is -2.21. The molecule has 0 aliphatic carbocycles. The van der Waals surface area contributed by atoms with Crippen molar-refractivity contribution in [3.63, 3.8) is 0 Å². The molecule has 1 unspecified atom stereocenters. The number of hydrogen-bond donors (Lipinski definition) is 2. The highest BCUT2D eigenvalue weighted by Gasteiger charge is 2.35. The van der Waals surface area contributed by atoms with E-state index in [0.717, 1.165) is 30.0 Å². The fraction of sp³-hybridized carbons (Fsp3) is 0.500. The van der Waals surface area contributed by atoms with Crippen molar-refractivity contribution in [2.45, 2.75) is 23.8 Å². The van der Waals surface area contributed by atoms with Gasteiger partial charge in [0, 0.05) is 50.0 Å². The Labute approximate surface area is 165 Å². The zero-order valence-corrected chi connectivity index (χ0v) is 17.0. The number of benzene rings is 1. The van der Waals surface area contributed by atoms with Gasteiger partial charge in [-0.2, -0.15) is 5.10 Å². The van der Waals surface area contributed by atoms with Crippen molar-refractivity contribution >= 4 is 17.7 Å². The van der Waals surface area contributed by atoms with Gasteiger partial charge >= 0.3 is 0 Å². The Balaban J connectivity index is 1.58. The molecule has 2 N–H and O–H groups in total. The van der Waals surface area contributed by atoms with Crippen LogP contribution in [0.1, 0.15) is 30.0 Å². The van der Waals surface area contributed by atoms with Crippen LogP contribution >= 0.6 is 11.8 Å². The Morgan fingerprint density at radius 1 is 1.41 bits per heavy atom. The number of aryl methyl sites for hydroxylation is 1. The normalized spacial score (nSPS) is 20.6. The minimum atomic E-state index is -0.0690. The van der Waals surface area contributed by atoms with Gasteiger partial charge in [0.05, 0.1) is 24.8 Å². The summed E-state index contributed by atoms with van der Waals surface area (Å²) in [7, 11) is 3.62. The third-order valence-electron chi connectivity index (χ3n) is 5.00. The zero-order valence-electron chi connectivity index (χ0n) is 16.1. The van der Waals surface area contributed by atoms with Gasteiger partial charge in [-0.25, -0.2) is 0 Å². The first-order chi connectivity index (χ1) is 13.1. The van der Waals surface area contributed by atoms with Crippen LogP contribution in [-0.2, 0) is 16.6 Å². The summed E-state index contributed by atoms with van der Waals surface area (Å²) in [5.74, 6) is 1.14. The summed E-state index contributed by atoms with van der Waals surface area (Å²) in [5, 5.41) is 10.8. The van der Waals surface area contributed by atoms with Crippen molar-refractivity contribution in [2.75, 3.05) is 32.6 Å². The highest BCUT2D eigenvalue weighted by Crippen LogP contribution is 2.29. The van der Waals surface area contributed by atoms with Crippen LogP contribution in [0.2, 0.25) is 0 Å². The molecule has 7 heteroatoms. The SMILES string of the molecule is COCCSc1ccc(C(C)NC(=O)[C@H]2CNC[C@@H]2c2cnn(C)c2)cc1. The number of nitrogens with zero attached hydrogens (tertiary/aromatic N) is 2. The first-order valence-electron chi connectivity index (χ1n) is 9.30. The van der Waals surface area contributed by atoms with E-state index in [1.165, 1.54) is 4.90 Å². The van der Waals surface area contributed by atoms with Gasteiger partial charge in [0.1, 0.15) is 0 Å². The van der Waals surface area contributed by atoms with Crippen molar-refractivity contribution in [3.05, 3.63) is 47.8 Å². The van der Waals surface area contributed by atoms with Crippen molar-refractivity contribution < 1.29 is 9.53 Å². The summed E-state index contributed by atoms with van der Waals surface area (Å²) < 4.78 is 6.87. The molecule has 27 heavy (non-hydrogen) atoms. The molecule has 3 rings (SSSR count). The van der Waals surface area contributed by atoms with E-state index in [0.29, 0.717) is 6.54 Å². The van der Waals surface area contributed by atoms with E-state index in [-0.39, 0.29) is 23.8 Å². The van der Waals surface area contributed by atoms with E-state index in [1.807, 2.05) is 26.4 Å². The van der Waals surface area contributed by atoms with Gasteiger partial charge in [-0.3, -0.25) is 9.48 Å². The lowest BCUT2D eigenvalue weighted by molar-refractivity contribution is -0.125. The molecule has 146 valence electrons. The van der Waals surface area contributed by atoms with Crippen molar-refractivity contribution in [1.29, 1.82) is 0 Å². The second-order valence-electron chi connectivity index (χ2n) is 6.96. The fourth-order valence-electron chi connectivity index (χ4n) is 3.44. The molecule has 6 nitrogen and oxygen atoms in total. The maximum Gasteiger partial charge on any atom is 0.225 e. The van der Waals surface area contributed by atoms with Crippen molar-refractivity contribution in [3.8, 4) is 0 Å². The minimum Gasteiger partial charge on any atom is -0.384 e. The van der Waals surface area contributed by atoms with Crippen molar-refractivity contribution in [2.24, 2.45) is 13.0 Å². The Kier molecular flexibility index (Phi) is 6.93. The highest BCUT2D eigenvalue weighted by molar-refractivity contribution is 7.99. The maximum atomic E-state index is 12.9. The molecule has 0 bridgehead atoms. The molecule has 1 aromatic carbocycles. The largest absolute Gasteiger partial charge is 0.384 e. The number of carbonyl (C=O) groups is 1. The number of thioether (sulfide) groups is 1. The number of aromatic nitrogens is 2. The van der Waals surface area contributed by atoms with Gasteiger partial charge < -0.3 is 15.4 Å². The van der Waals surface area contributed by atoms with E-state index in [2.05, 4.69) is 40.0 Å². The van der Waals surface area contributed by atoms with Gasteiger partial charge in [0.25, 0.3) is 0 Å². The van der Waals surface area contributed by atoms with Gasteiger partial charge in [0.15, 0.2) is 0 Å². The van der Waals surface area contributed by atoms with E-state index < -0.39 is 0 Å². The fourth-order valence-corrected chi connectivity index (χ4v) is 4.25. The van der Waals surface area contributed by atoms with Gasteiger partial charge in [0.2, 0.25) is 5.91 Å². The Morgan fingerprint density at radius 2 is 2.19 bits per heavy atom. The van der Waals surface area contributed by atoms with Crippen LogP contribution in [0.4, 0.5) is 0 Å². The molecule has 1 fully saturated rings. The van der Waals surface area contributed by atoms with E-state index in [4.69, 9.17) is 4.74 Å². The molecule has 1 aliphatic heterocycles. The van der Waals surface area contributed by atoms with Crippen LogP contribution in [-0.4, -0.2) is 48.2 Å². The van der Waals surface area contributed by atoms with E-state index in [1.54, 1.807) is 23.6 Å². The molecular formula is C20H28N4O2S. The first kappa shape index (κ1) is 19.9. The second-order valence-corrected chi connectivity index (χ2v) is 8.13. The average molecular weight is 389 g/mol. The monoisotopic (exact) mass is 388 g/mol. The molecule has 1 amide bonds. The van der Waals surface area contributed by atoms with Crippen LogP contribution in [0.25, 0.3) is 0 Å². The Morgan fingerprint density at radius 3 is 2.85 bits per heavy atom. The molecule has 0 spiro atoms. The molecule has 1 aromatic heterocycles. The maximum absolute atomic E-state index is 12.9. The van der Waals surface area contributed by atoms with Gasteiger partial charge in [-0.05, 0) is 30.2 Å². The summed E-state index contributed by atoms with van der Waals surface area (Å²) >= 11 is 1.77. The lowest BCUT2D eigenvalue weighted by atomic mass is 9.90. The molecule has 0 radical (unpaired) electrons. The van der Waals surface area contributed by atoms with Crippen LogP contribution in [0, 0.1) is 5.92 Å². The van der Waals surface area contributed by atoms with Gasteiger partial charge in [-0.15, -0.1) is 11.8 Å². The Bertz CT molecular complexity index is 747. The number of rotatable bonds is 8. The van der Waals surface area contributed by atoms with E-state index >= 15 is 0 Å². The predicted molar refractivity (Wildman–Crippen MR) is 108 cm³/mol. The summed E-state index contributed by atoms with van der Waals surface area (Å²) in [6, 6.07) is 8.37. The first-order valence-corrected chi connectivity index (χ1v) is 10.3. The molecular weight excluding hydrogens is 360 g/mol. The predicted octanol–water partition coefficient (Wildman–Crippen LogP) is 2.34. The number of ether oxygens (including phenoxy) is 1. The topological polar surface area (TPSA) is 68.2 Å². The van der Waals surface area contributed by atoms with Crippen LogP contribution in [0.3, 0.4) is 0 Å². The average Bonchev–Trinajstić information content (AvgIpc) is 3.31.